The average molecular weight is 362 g/mol. The summed E-state index contributed by atoms with van der Waals surface area (Å²) in [5.41, 5.74) is 3.83. The minimum atomic E-state index is 0.159. The van der Waals surface area contributed by atoms with E-state index in [2.05, 4.69) is 6.92 Å². The summed E-state index contributed by atoms with van der Waals surface area (Å²) in [6.07, 6.45) is 6.77. The molecule has 1 fully saturated rings. The Labute approximate surface area is 161 Å². The summed E-state index contributed by atoms with van der Waals surface area (Å²) in [6.45, 7) is 2.19. The predicted octanol–water partition coefficient (Wildman–Crippen LogP) is 5.56. The molecule has 1 saturated carbocycles. The molecule has 27 heavy (non-hydrogen) atoms. The van der Waals surface area contributed by atoms with Gasteiger partial charge in [-0.15, -0.1) is 0 Å². The summed E-state index contributed by atoms with van der Waals surface area (Å²) < 4.78 is 10.4. The lowest BCUT2D eigenvalue weighted by molar-refractivity contribution is -0.113. The number of Topliss-reactive ketones (excluding diaryl/α,β-unsaturated/α-hetero) is 1. The molecule has 0 saturated heterocycles. The molecule has 0 N–H and O–H groups in total. The largest absolute Gasteiger partial charge is 0.497 e. The van der Waals surface area contributed by atoms with E-state index in [1.165, 1.54) is 0 Å². The van der Waals surface area contributed by atoms with Gasteiger partial charge >= 0.3 is 0 Å². The number of hydrogen-bond donors (Lipinski definition) is 0. The summed E-state index contributed by atoms with van der Waals surface area (Å²) in [5, 5.41) is 0. The summed E-state index contributed by atoms with van der Waals surface area (Å²) >= 11 is 0. The molecule has 0 radical (unpaired) electrons. The van der Waals surface area contributed by atoms with Crippen molar-refractivity contribution in [1.82, 2.24) is 0 Å². The summed E-state index contributed by atoms with van der Waals surface area (Å²) in [6, 6.07) is 15.6. The van der Waals surface area contributed by atoms with Crippen LogP contribution in [0.3, 0.4) is 0 Å². The second-order valence-electron chi connectivity index (χ2n) is 6.90. The third-order valence-corrected chi connectivity index (χ3v) is 5.09. The normalized spacial score (nSPS) is 20.1. The fourth-order valence-electron chi connectivity index (χ4n) is 3.43. The Balaban J connectivity index is 1.89. The molecule has 0 aromatic heterocycles. The fourth-order valence-corrected chi connectivity index (χ4v) is 3.43. The van der Waals surface area contributed by atoms with E-state index in [4.69, 9.17) is 9.47 Å². The van der Waals surface area contributed by atoms with Crippen molar-refractivity contribution in [1.29, 1.82) is 0 Å². The summed E-state index contributed by atoms with van der Waals surface area (Å²) in [5.74, 6) is 2.29. The Hall–Kier alpha value is -2.81. The zero-order valence-corrected chi connectivity index (χ0v) is 16.2. The molecular formula is C24H26O3. The molecule has 3 nitrogen and oxygen atoms in total. The topological polar surface area (TPSA) is 35.5 Å². The van der Waals surface area contributed by atoms with Crippen LogP contribution >= 0.6 is 0 Å². The van der Waals surface area contributed by atoms with Gasteiger partial charge in [0, 0.05) is 11.1 Å². The van der Waals surface area contributed by atoms with Gasteiger partial charge in [0.05, 0.1) is 14.2 Å². The number of ether oxygens (including phenoxy) is 2. The van der Waals surface area contributed by atoms with Crippen molar-refractivity contribution in [3.05, 3.63) is 70.8 Å². The molecule has 0 heterocycles. The molecule has 2 aromatic carbocycles. The van der Waals surface area contributed by atoms with Crippen LogP contribution in [-0.2, 0) is 4.79 Å². The molecule has 0 amide bonds. The Bertz CT molecular complexity index is 773. The number of rotatable bonds is 5. The van der Waals surface area contributed by atoms with E-state index in [1.807, 2.05) is 60.7 Å². The van der Waals surface area contributed by atoms with Crippen molar-refractivity contribution in [2.24, 2.45) is 5.92 Å². The van der Waals surface area contributed by atoms with Gasteiger partial charge in [-0.05, 0) is 66.3 Å². The van der Waals surface area contributed by atoms with E-state index in [0.29, 0.717) is 5.92 Å². The standard InChI is InChI=1S/C24H26O3/c1-4-17-13-20(15-18-5-9-22(26-2)10-6-18)24(25)21(14-17)16-19-7-11-23(27-3)12-8-19/h5-12,15-17H,4,13-14H2,1-3H3/b20-15-,21-16+. The molecule has 3 rings (SSSR count). The van der Waals surface area contributed by atoms with Crippen molar-refractivity contribution in [2.45, 2.75) is 26.2 Å². The smallest absolute Gasteiger partial charge is 0.185 e. The quantitative estimate of drug-likeness (QED) is 0.653. The lowest BCUT2D eigenvalue weighted by Gasteiger charge is -2.25. The zero-order chi connectivity index (χ0) is 19.2. The Morgan fingerprint density at radius 2 is 1.22 bits per heavy atom. The molecule has 140 valence electrons. The van der Waals surface area contributed by atoms with E-state index in [0.717, 1.165) is 53.0 Å². The maximum absolute atomic E-state index is 13.1. The zero-order valence-electron chi connectivity index (χ0n) is 16.2. The highest BCUT2D eigenvalue weighted by atomic mass is 16.5. The fraction of sp³-hybridized carbons (Fsp3) is 0.292. The van der Waals surface area contributed by atoms with Gasteiger partial charge in [-0.25, -0.2) is 0 Å². The number of ketones is 1. The molecule has 1 aliphatic carbocycles. The third kappa shape index (κ3) is 4.68. The van der Waals surface area contributed by atoms with Gasteiger partial charge in [-0.3, -0.25) is 4.79 Å². The highest BCUT2D eigenvalue weighted by molar-refractivity contribution is 6.14. The van der Waals surface area contributed by atoms with Crippen LogP contribution in [0, 0.1) is 5.92 Å². The van der Waals surface area contributed by atoms with Gasteiger partial charge < -0.3 is 9.47 Å². The molecule has 0 bridgehead atoms. The van der Waals surface area contributed by atoms with Crippen LogP contribution in [-0.4, -0.2) is 20.0 Å². The number of allylic oxidation sites excluding steroid dienone is 2. The first-order valence-electron chi connectivity index (χ1n) is 9.37. The lowest BCUT2D eigenvalue weighted by atomic mass is 9.78. The van der Waals surface area contributed by atoms with Crippen LogP contribution < -0.4 is 9.47 Å². The van der Waals surface area contributed by atoms with Crippen LogP contribution in [0.5, 0.6) is 11.5 Å². The first-order chi connectivity index (χ1) is 13.1. The van der Waals surface area contributed by atoms with Gasteiger partial charge in [-0.1, -0.05) is 37.6 Å². The van der Waals surface area contributed by atoms with E-state index in [-0.39, 0.29) is 5.78 Å². The number of carbonyl (C=O) groups excluding carboxylic acids is 1. The van der Waals surface area contributed by atoms with E-state index in [9.17, 15) is 4.79 Å². The number of methoxy groups -OCH3 is 2. The van der Waals surface area contributed by atoms with Gasteiger partial charge in [-0.2, -0.15) is 0 Å². The van der Waals surface area contributed by atoms with Gasteiger partial charge in [0.1, 0.15) is 11.5 Å². The third-order valence-electron chi connectivity index (χ3n) is 5.09. The lowest BCUT2D eigenvalue weighted by Crippen LogP contribution is -2.19. The van der Waals surface area contributed by atoms with Crippen LogP contribution in [0.4, 0.5) is 0 Å². The van der Waals surface area contributed by atoms with Crippen molar-refractivity contribution < 1.29 is 14.3 Å². The minimum Gasteiger partial charge on any atom is -0.497 e. The summed E-state index contributed by atoms with van der Waals surface area (Å²) in [4.78, 5) is 13.1. The number of carbonyl (C=O) groups is 1. The summed E-state index contributed by atoms with van der Waals surface area (Å²) in [7, 11) is 3.31. The average Bonchev–Trinajstić information content (AvgIpc) is 2.72. The second-order valence-corrected chi connectivity index (χ2v) is 6.90. The number of benzene rings is 2. The molecule has 1 unspecified atom stereocenters. The van der Waals surface area contributed by atoms with Crippen LogP contribution in [0.1, 0.15) is 37.3 Å². The molecule has 3 heteroatoms. The Kier molecular flexibility index (Phi) is 6.12. The molecule has 2 aromatic rings. The van der Waals surface area contributed by atoms with Crippen molar-refractivity contribution in [2.75, 3.05) is 14.2 Å². The van der Waals surface area contributed by atoms with Crippen LogP contribution in [0.25, 0.3) is 12.2 Å². The monoisotopic (exact) mass is 362 g/mol. The SMILES string of the molecule is CCC1C/C(=C/c2ccc(OC)cc2)C(=O)/C(=C/c2ccc(OC)cc2)C1. The number of hydrogen-bond acceptors (Lipinski definition) is 3. The van der Waals surface area contributed by atoms with E-state index in [1.54, 1.807) is 14.2 Å². The molecule has 0 aliphatic heterocycles. The van der Waals surface area contributed by atoms with Crippen LogP contribution in [0.15, 0.2) is 59.7 Å². The maximum atomic E-state index is 13.1. The van der Waals surface area contributed by atoms with Crippen LogP contribution in [0.2, 0.25) is 0 Å². The maximum Gasteiger partial charge on any atom is 0.185 e. The first kappa shape index (κ1) is 19.0. The van der Waals surface area contributed by atoms with E-state index >= 15 is 0 Å². The first-order valence-corrected chi connectivity index (χ1v) is 9.37. The second kappa shape index (κ2) is 8.72. The minimum absolute atomic E-state index is 0.159. The Morgan fingerprint density at radius 3 is 1.56 bits per heavy atom. The highest BCUT2D eigenvalue weighted by Gasteiger charge is 2.26. The van der Waals surface area contributed by atoms with Gasteiger partial charge in [0.25, 0.3) is 0 Å². The van der Waals surface area contributed by atoms with Crippen molar-refractivity contribution in [3.63, 3.8) is 0 Å². The van der Waals surface area contributed by atoms with Gasteiger partial charge in [0.15, 0.2) is 5.78 Å². The van der Waals surface area contributed by atoms with Crippen molar-refractivity contribution >= 4 is 17.9 Å². The Morgan fingerprint density at radius 1 is 0.815 bits per heavy atom. The van der Waals surface area contributed by atoms with Gasteiger partial charge in [0.2, 0.25) is 0 Å². The molecule has 1 aliphatic rings. The van der Waals surface area contributed by atoms with E-state index < -0.39 is 0 Å². The highest BCUT2D eigenvalue weighted by Crippen LogP contribution is 2.34. The molecule has 1 atom stereocenters. The molecular weight excluding hydrogens is 336 g/mol. The van der Waals surface area contributed by atoms with Crippen molar-refractivity contribution in [3.8, 4) is 11.5 Å². The predicted molar refractivity (Wildman–Crippen MR) is 110 cm³/mol. The molecule has 0 spiro atoms.